The number of carbonyl (C=O) groups excluding carboxylic acids is 1. The van der Waals surface area contributed by atoms with Crippen LogP contribution in [0.2, 0.25) is 0 Å². The van der Waals surface area contributed by atoms with Gasteiger partial charge in [0.25, 0.3) is 0 Å². The lowest BCUT2D eigenvalue weighted by molar-refractivity contribution is -0.117. The highest BCUT2D eigenvalue weighted by Crippen LogP contribution is 2.27. The summed E-state index contributed by atoms with van der Waals surface area (Å²) in [5.74, 6) is 0.948. The quantitative estimate of drug-likeness (QED) is 0.767. The molecule has 1 aliphatic rings. The first-order valence-corrected chi connectivity index (χ1v) is 9.37. The van der Waals surface area contributed by atoms with E-state index in [1.165, 1.54) is 30.6 Å². The zero-order chi connectivity index (χ0) is 16.4. The molecule has 0 spiro atoms. The molecule has 0 aliphatic heterocycles. The monoisotopic (exact) mass is 340 g/mol. The summed E-state index contributed by atoms with van der Waals surface area (Å²) in [6, 6.07) is 10.1. The fourth-order valence-corrected chi connectivity index (χ4v) is 4.20. The van der Waals surface area contributed by atoms with Crippen LogP contribution in [-0.2, 0) is 4.79 Å². The first-order valence-electron chi connectivity index (χ1n) is 8.49. The third-order valence-electron chi connectivity index (χ3n) is 4.60. The lowest BCUT2D eigenvalue weighted by Gasteiger charge is -2.20. The maximum absolute atomic E-state index is 12.2. The minimum absolute atomic E-state index is 0.0291. The molecule has 1 aromatic carbocycles. The van der Waals surface area contributed by atoms with Crippen LogP contribution in [0.1, 0.15) is 38.5 Å². The van der Waals surface area contributed by atoms with Crippen LogP contribution in [0.25, 0.3) is 16.2 Å². The highest BCUT2D eigenvalue weighted by molar-refractivity contribution is 7.15. The van der Waals surface area contributed by atoms with Gasteiger partial charge in [-0.2, -0.15) is 4.98 Å². The van der Waals surface area contributed by atoms with Crippen molar-refractivity contribution in [2.75, 3.05) is 5.32 Å². The number of fused-ring (bicyclic) bond motifs is 1. The van der Waals surface area contributed by atoms with E-state index in [0.717, 1.165) is 29.1 Å². The minimum Gasteiger partial charge on any atom is -0.293 e. The first kappa shape index (κ1) is 15.3. The van der Waals surface area contributed by atoms with Crippen molar-refractivity contribution in [3.8, 4) is 11.3 Å². The van der Waals surface area contributed by atoms with Crippen LogP contribution in [-0.4, -0.2) is 20.5 Å². The van der Waals surface area contributed by atoms with Crippen molar-refractivity contribution < 1.29 is 4.79 Å². The zero-order valence-electron chi connectivity index (χ0n) is 13.4. The Morgan fingerprint density at radius 1 is 1.21 bits per heavy atom. The number of anilines is 1. The van der Waals surface area contributed by atoms with E-state index in [-0.39, 0.29) is 5.91 Å². The Morgan fingerprint density at radius 2 is 2.00 bits per heavy atom. The molecule has 6 heteroatoms. The van der Waals surface area contributed by atoms with Crippen LogP contribution in [0.15, 0.2) is 35.7 Å². The number of nitrogens with zero attached hydrogens (tertiary/aromatic N) is 3. The van der Waals surface area contributed by atoms with Gasteiger partial charge in [0.1, 0.15) is 0 Å². The van der Waals surface area contributed by atoms with Gasteiger partial charge in [-0.3, -0.25) is 10.1 Å². The molecule has 0 bridgehead atoms. The van der Waals surface area contributed by atoms with Crippen molar-refractivity contribution in [1.29, 1.82) is 0 Å². The number of rotatable bonds is 4. The van der Waals surface area contributed by atoms with Crippen LogP contribution in [0.3, 0.4) is 0 Å². The number of amides is 1. The number of hydrogen-bond donors (Lipinski definition) is 1. The van der Waals surface area contributed by atoms with Gasteiger partial charge < -0.3 is 0 Å². The highest BCUT2D eigenvalue weighted by Gasteiger charge is 2.19. The van der Waals surface area contributed by atoms with Crippen molar-refractivity contribution in [1.82, 2.24) is 14.6 Å². The summed E-state index contributed by atoms with van der Waals surface area (Å²) in [6.07, 6.45) is 6.71. The van der Waals surface area contributed by atoms with Gasteiger partial charge in [0.05, 0.1) is 5.69 Å². The lowest BCUT2D eigenvalue weighted by Crippen LogP contribution is -2.19. The summed E-state index contributed by atoms with van der Waals surface area (Å²) in [6.45, 7) is 0. The van der Waals surface area contributed by atoms with Gasteiger partial charge in [-0.25, -0.2) is 4.52 Å². The molecule has 1 aliphatic carbocycles. The molecule has 24 heavy (non-hydrogen) atoms. The maximum atomic E-state index is 12.2. The number of benzene rings is 1. The largest absolute Gasteiger partial charge is 0.293 e. The van der Waals surface area contributed by atoms with E-state index >= 15 is 0 Å². The lowest BCUT2D eigenvalue weighted by atomic mass is 9.87. The van der Waals surface area contributed by atoms with Gasteiger partial charge in [0.15, 0.2) is 0 Å². The molecule has 0 unspecified atom stereocenters. The standard InChI is InChI=1S/C18H20N4OS/c23-16(11-13-7-3-1-4-8-13)19-17-20-18-22(21-17)15(12-24-18)14-9-5-2-6-10-14/h2,5-6,9-10,12-13H,1,3-4,7-8,11H2,(H,19,21,23). The van der Waals surface area contributed by atoms with Crippen LogP contribution >= 0.6 is 11.3 Å². The molecule has 2 heterocycles. The third-order valence-corrected chi connectivity index (χ3v) is 5.42. The molecular formula is C18H20N4OS. The predicted molar refractivity (Wildman–Crippen MR) is 96.1 cm³/mol. The van der Waals surface area contributed by atoms with E-state index in [1.54, 1.807) is 4.52 Å². The van der Waals surface area contributed by atoms with Gasteiger partial charge in [0.2, 0.25) is 16.8 Å². The smallest absolute Gasteiger partial charge is 0.250 e. The molecule has 0 radical (unpaired) electrons. The number of aromatic nitrogens is 3. The van der Waals surface area contributed by atoms with E-state index < -0.39 is 0 Å². The molecule has 124 valence electrons. The molecule has 1 saturated carbocycles. The summed E-state index contributed by atoms with van der Waals surface area (Å²) < 4.78 is 1.80. The summed E-state index contributed by atoms with van der Waals surface area (Å²) in [5.41, 5.74) is 2.09. The Morgan fingerprint density at radius 3 is 2.79 bits per heavy atom. The molecule has 1 amide bonds. The molecule has 4 rings (SSSR count). The van der Waals surface area contributed by atoms with Crippen molar-refractivity contribution in [3.63, 3.8) is 0 Å². The van der Waals surface area contributed by atoms with Gasteiger partial charge in [-0.1, -0.05) is 49.6 Å². The van der Waals surface area contributed by atoms with E-state index in [0.29, 0.717) is 18.3 Å². The van der Waals surface area contributed by atoms with Crippen molar-refractivity contribution in [2.45, 2.75) is 38.5 Å². The van der Waals surface area contributed by atoms with Crippen LogP contribution in [0.5, 0.6) is 0 Å². The second-order valence-corrected chi connectivity index (χ2v) is 7.21. The van der Waals surface area contributed by atoms with Crippen LogP contribution < -0.4 is 5.32 Å². The second kappa shape index (κ2) is 6.73. The Balaban J connectivity index is 1.49. The fraction of sp³-hybridized carbons (Fsp3) is 0.389. The molecule has 3 aromatic rings. The second-order valence-electron chi connectivity index (χ2n) is 6.37. The Bertz CT molecular complexity index is 833. The number of hydrogen-bond acceptors (Lipinski definition) is 4. The Labute approximate surface area is 144 Å². The van der Waals surface area contributed by atoms with E-state index in [2.05, 4.69) is 15.4 Å². The van der Waals surface area contributed by atoms with Gasteiger partial charge in [-0.15, -0.1) is 16.4 Å². The van der Waals surface area contributed by atoms with E-state index in [4.69, 9.17) is 0 Å². The Kier molecular flexibility index (Phi) is 4.30. The van der Waals surface area contributed by atoms with E-state index in [1.807, 2.05) is 35.7 Å². The minimum atomic E-state index is 0.0291. The molecule has 0 saturated heterocycles. The molecule has 5 nitrogen and oxygen atoms in total. The van der Waals surface area contributed by atoms with Crippen molar-refractivity contribution in [2.24, 2.45) is 5.92 Å². The normalized spacial score (nSPS) is 15.7. The molecular weight excluding hydrogens is 320 g/mol. The van der Waals surface area contributed by atoms with Crippen LogP contribution in [0, 0.1) is 5.92 Å². The Hall–Kier alpha value is -2.21. The summed E-state index contributed by atoms with van der Waals surface area (Å²) in [7, 11) is 0. The SMILES string of the molecule is O=C(CC1CCCCC1)Nc1nc2scc(-c3ccccc3)n2n1. The maximum Gasteiger partial charge on any atom is 0.250 e. The molecule has 2 aromatic heterocycles. The number of carbonyl (C=O) groups is 1. The van der Waals surface area contributed by atoms with Crippen molar-refractivity contribution in [3.05, 3.63) is 35.7 Å². The topological polar surface area (TPSA) is 59.3 Å². The number of thiazole rings is 1. The average Bonchev–Trinajstić information content (AvgIpc) is 3.16. The van der Waals surface area contributed by atoms with Gasteiger partial charge in [0, 0.05) is 17.4 Å². The summed E-state index contributed by atoms with van der Waals surface area (Å²) in [4.78, 5) is 17.5. The van der Waals surface area contributed by atoms with Crippen molar-refractivity contribution >= 4 is 28.2 Å². The molecule has 1 N–H and O–H groups in total. The summed E-state index contributed by atoms with van der Waals surface area (Å²) in [5, 5.41) is 9.37. The summed E-state index contributed by atoms with van der Waals surface area (Å²) >= 11 is 1.53. The van der Waals surface area contributed by atoms with E-state index in [9.17, 15) is 4.79 Å². The first-order chi connectivity index (χ1) is 11.8. The van der Waals surface area contributed by atoms with Gasteiger partial charge in [-0.05, 0) is 18.8 Å². The predicted octanol–water partition coefficient (Wildman–Crippen LogP) is 4.37. The number of nitrogens with one attached hydrogen (secondary N) is 1. The zero-order valence-corrected chi connectivity index (χ0v) is 14.3. The average molecular weight is 340 g/mol. The van der Waals surface area contributed by atoms with Gasteiger partial charge >= 0.3 is 0 Å². The molecule has 1 fully saturated rings. The van der Waals surface area contributed by atoms with Crippen LogP contribution in [0.4, 0.5) is 5.95 Å². The fourth-order valence-electron chi connectivity index (χ4n) is 3.37. The third kappa shape index (κ3) is 3.19. The highest BCUT2D eigenvalue weighted by atomic mass is 32.1. The molecule has 0 atom stereocenters.